The number of nitrogens with zero attached hydrogens (tertiary/aromatic N) is 2. The second kappa shape index (κ2) is 13.0. The molecule has 3 rings (SSSR count). The van der Waals surface area contributed by atoms with Crippen molar-refractivity contribution < 1.29 is 28.8 Å². The topological polar surface area (TPSA) is 124 Å². The summed E-state index contributed by atoms with van der Waals surface area (Å²) in [6.45, 7) is 4.13. The maximum Gasteiger partial charge on any atom is 0.336 e. The van der Waals surface area contributed by atoms with Crippen molar-refractivity contribution in [2.45, 2.75) is 71.1 Å². The van der Waals surface area contributed by atoms with Crippen LogP contribution in [0.4, 0.5) is 0 Å². The number of aromatic nitrogens is 2. The van der Waals surface area contributed by atoms with E-state index >= 15 is 0 Å². The van der Waals surface area contributed by atoms with Gasteiger partial charge in [0.1, 0.15) is 11.0 Å². The molecule has 35 heavy (non-hydrogen) atoms. The van der Waals surface area contributed by atoms with Crippen LogP contribution < -0.4 is 5.32 Å². The van der Waals surface area contributed by atoms with Crippen molar-refractivity contribution >= 4 is 23.0 Å². The van der Waals surface area contributed by atoms with Crippen LogP contribution in [-0.4, -0.2) is 47.7 Å². The molecule has 2 N–H and O–H groups in total. The lowest BCUT2D eigenvalue weighted by Crippen LogP contribution is -2.32. The molecule has 9 heteroatoms. The molecule has 1 aliphatic rings. The summed E-state index contributed by atoms with van der Waals surface area (Å²) in [5.41, 5.74) is 3.51. The number of esters is 2. The molecule has 0 aliphatic carbocycles. The van der Waals surface area contributed by atoms with Crippen molar-refractivity contribution in [1.29, 1.82) is 0 Å². The molecule has 190 valence electrons. The Hall–Kier alpha value is -3.20. The molecule has 0 spiro atoms. The van der Waals surface area contributed by atoms with Gasteiger partial charge in [-0.05, 0) is 48.6 Å². The summed E-state index contributed by atoms with van der Waals surface area (Å²) in [6, 6.07) is 5.35. The third-order valence-electron chi connectivity index (χ3n) is 6.30. The van der Waals surface area contributed by atoms with Crippen LogP contribution in [0.2, 0.25) is 0 Å². The molecule has 1 aliphatic heterocycles. The first-order chi connectivity index (χ1) is 17.0. The lowest BCUT2D eigenvalue weighted by molar-refractivity contribution is -0.139. The number of fused-ring (bicyclic) bond motifs is 1. The highest BCUT2D eigenvalue weighted by molar-refractivity contribution is 6.01. The number of allylic oxidation sites excluding steroid dienone is 2. The van der Waals surface area contributed by atoms with E-state index in [4.69, 9.17) is 19.2 Å². The molecule has 1 atom stereocenters. The van der Waals surface area contributed by atoms with Crippen molar-refractivity contribution in [2.24, 2.45) is 0 Å². The fraction of sp³-hybridized carbons (Fsp3) is 0.538. The van der Waals surface area contributed by atoms with Gasteiger partial charge in [-0.25, -0.2) is 14.2 Å². The average Bonchev–Trinajstić information content (AvgIpc) is 3.33. The number of ether oxygens (including phenoxy) is 2. The highest BCUT2D eigenvalue weighted by Gasteiger charge is 2.39. The van der Waals surface area contributed by atoms with E-state index < -0.39 is 17.9 Å². The molecule has 0 unspecified atom stereocenters. The number of benzene rings is 1. The predicted octanol–water partition coefficient (Wildman–Crippen LogP) is 4.29. The molecule has 2 aromatic rings. The fourth-order valence-corrected chi connectivity index (χ4v) is 4.53. The van der Waals surface area contributed by atoms with Crippen LogP contribution in [0.25, 0.3) is 11.0 Å². The molecule has 0 bridgehead atoms. The molecular weight excluding hydrogens is 450 g/mol. The van der Waals surface area contributed by atoms with Crippen LogP contribution in [0.1, 0.15) is 76.7 Å². The minimum atomic E-state index is -0.731. The van der Waals surface area contributed by atoms with Crippen LogP contribution in [0.15, 0.2) is 45.4 Å². The van der Waals surface area contributed by atoms with Crippen LogP contribution in [0.5, 0.6) is 0 Å². The number of hydrogen-bond donors (Lipinski definition) is 2. The SMILES string of the molecule is COC(=O)C1=C(C)NC(C)=C(C(=O)OCCCCCCCCCCO)[C@@H]1c1cccc2nonc12. The summed E-state index contributed by atoms with van der Waals surface area (Å²) in [6.07, 6.45) is 8.20. The minimum absolute atomic E-state index is 0.263. The van der Waals surface area contributed by atoms with E-state index in [1.54, 1.807) is 32.0 Å². The number of aliphatic hydroxyl groups is 1. The molecule has 0 saturated heterocycles. The Morgan fingerprint density at radius 2 is 1.57 bits per heavy atom. The molecule has 0 radical (unpaired) electrons. The average molecular weight is 486 g/mol. The second-order valence-electron chi connectivity index (χ2n) is 8.79. The molecule has 9 nitrogen and oxygen atoms in total. The van der Waals surface area contributed by atoms with Crippen molar-refractivity contribution in [3.63, 3.8) is 0 Å². The number of nitrogens with one attached hydrogen (secondary N) is 1. The smallest absolute Gasteiger partial charge is 0.336 e. The van der Waals surface area contributed by atoms with Gasteiger partial charge in [0.05, 0.1) is 30.8 Å². The minimum Gasteiger partial charge on any atom is -0.466 e. The summed E-state index contributed by atoms with van der Waals surface area (Å²) in [4.78, 5) is 26.1. The molecule has 0 fully saturated rings. The van der Waals surface area contributed by atoms with Gasteiger partial charge in [-0.2, -0.15) is 0 Å². The van der Waals surface area contributed by atoms with E-state index in [0.717, 1.165) is 51.4 Å². The zero-order valence-electron chi connectivity index (χ0n) is 20.8. The van der Waals surface area contributed by atoms with Crippen molar-refractivity contribution in [2.75, 3.05) is 20.3 Å². The lowest BCUT2D eigenvalue weighted by atomic mass is 9.80. The van der Waals surface area contributed by atoms with E-state index in [-0.39, 0.29) is 6.61 Å². The highest BCUT2D eigenvalue weighted by Crippen LogP contribution is 2.41. The second-order valence-corrected chi connectivity index (χ2v) is 8.79. The number of unbranched alkanes of at least 4 members (excludes halogenated alkanes) is 7. The molecule has 0 amide bonds. The van der Waals surface area contributed by atoms with Gasteiger partial charge in [0.25, 0.3) is 0 Å². The Bertz CT molecular complexity index is 1090. The number of rotatable bonds is 13. The Kier molecular flexibility index (Phi) is 9.84. The number of dihydropyridines is 1. The molecule has 0 saturated carbocycles. The van der Waals surface area contributed by atoms with Crippen LogP contribution in [0.3, 0.4) is 0 Å². The Balaban J connectivity index is 1.71. The van der Waals surface area contributed by atoms with Gasteiger partial charge < -0.3 is 19.9 Å². The summed E-state index contributed by atoms with van der Waals surface area (Å²) in [5.74, 6) is -1.75. The summed E-state index contributed by atoms with van der Waals surface area (Å²) in [7, 11) is 1.31. The van der Waals surface area contributed by atoms with Gasteiger partial charge in [0.15, 0.2) is 0 Å². The maximum absolute atomic E-state index is 13.3. The third kappa shape index (κ3) is 6.48. The molecule has 2 heterocycles. The van der Waals surface area contributed by atoms with Gasteiger partial charge in [-0.15, -0.1) is 0 Å². The van der Waals surface area contributed by atoms with Gasteiger partial charge >= 0.3 is 11.9 Å². The predicted molar refractivity (Wildman–Crippen MR) is 130 cm³/mol. The maximum atomic E-state index is 13.3. The molecule has 1 aromatic carbocycles. The van der Waals surface area contributed by atoms with E-state index in [0.29, 0.717) is 45.7 Å². The monoisotopic (exact) mass is 485 g/mol. The van der Waals surface area contributed by atoms with Gasteiger partial charge in [0.2, 0.25) is 0 Å². The number of hydrogen-bond acceptors (Lipinski definition) is 9. The first kappa shape index (κ1) is 26.4. The van der Waals surface area contributed by atoms with Crippen LogP contribution in [0, 0.1) is 0 Å². The van der Waals surface area contributed by atoms with E-state index in [9.17, 15) is 9.59 Å². The molecule has 1 aromatic heterocycles. The van der Waals surface area contributed by atoms with Crippen molar-refractivity contribution in [3.05, 3.63) is 46.3 Å². The normalized spacial score (nSPS) is 15.9. The summed E-state index contributed by atoms with van der Waals surface area (Å²) >= 11 is 0. The first-order valence-electron chi connectivity index (χ1n) is 12.3. The van der Waals surface area contributed by atoms with Crippen molar-refractivity contribution in [3.8, 4) is 0 Å². The molecular formula is C26H35N3O6. The van der Waals surface area contributed by atoms with Crippen LogP contribution in [-0.2, 0) is 19.1 Å². The van der Waals surface area contributed by atoms with Crippen molar-refractivity contribution in [1.82, 2.24) is 15.6 Å². The number of aliphatic hydroxyl groups excluding tert-OH is 1. The summed E-state index contributed by atoms with van der Waals surface area (Å²) in [5, 5.41) is 19.9. The van der Waals surface area contributed by atoms with E-state index in [1.165, 1.54) is 7.11 Å². The zero-order valence-corrected chi connectivity index (χ0v) is 20.8. The Morgan fingerprint density at radius 1 is 0.943 bits per heavy atom. The third-order valence-corrected chi connectivity index (χ3v) is 6.30. The number of methoxy groups -OCH3 is 1. The van der Waals surface area contributed by atoms with Gasteiger partial charge in [0, 0.05) is 18.0 Å². The number of carbonyl (C=O) groups is 2. The lowest BCUT2D eigenvalue weighted by Gasteiger charge is -2.30. The number of carbonyl (C=O) groups excluding carboxylic acids is 2. The zero-order chi connectivity index (χ0) is 25.2. The van der Waals surface area contributed by atoms with E-state index in [2.05, 4.69) is 15.6 Å². The van der Waals surface area contributed by atoms with Gasteiger partial charge in [-0.3, -0.25) is 0 Å². The first-order valence-corrected chi connectivity index (χ1v) is 12.3. The van der Waals surface area contributed by atoms with E-state index in [1.807, 2.05) is 0 Å². The largest absolute Gasteiger partial charge is 0.466 e. The highest BCUT2D eigenvalue weighted by atomic mass is 16.6. The van der Waals surface area contributed by atoms with Gasteiger partial charge in [-0.1, -0.05) is 50.7 Å². The summed E-state index contributed by atoms with van der Waals surface area (Å²) < 4.78 is 15.6. The quantitative estimate of drug-likeness (QED) is 0.316. The Labute approximate surface area is 205 Å². The fourth-order valence-electron chi connectivity index (χ4n) is 4.53. The van der Waals surface area contributed by atoms with Crippen LogP contribution >= 0.6 is 0 Å². The standard InChI is InChI=1S/C26H35N3O6/c1-17-21(25(31)33-3)23(19-13-12-14-20-24(19)29-35-28-20)22(18(2)27-17)26(32)34-16-11-9-7-5-4-6-8-10-15-30/h12-14,23,27,30H,4-11,15-16H2,1-3H3/t23-/m1/s1. The Morgan fingerprint density at radius 3 is 2.23 bits per heavy atom.